The number of aliphatic hydroxyl groups excluding tert-OH is 2. The second kappa shape index (κ2) is 5.64. The minimum absolute atomic E-state index is 0.0342. The first-order valence-corrected chi connectivity index (χ1v) is 5.70. The van der Waals surface area contributed by atoms with Crippen LogP contribution in [0.2, 0.25) is 0 Å². The van der Waals surface area contributed by atoms with Crippen molar-refractivity contribution in [1.29, 1.82) is 5.41 Å². The molecule has 0 aliphatic carbocycles. The molecular formula is C13H18N2O3. The van der Waals surface area contributed by atoms with Crippen LogP contribution >= 0.6 is 0 Å². The van der Waals surface area contributed by atoms with Crippen LogP contribution in [0.3, 0.4) is 0 Å². The Morgan fingerprint density at radius 3 is 2.56 bits per heavy atom. The molecule has 0 saturated heterocycles. The summed E-state index contributed by atoms with van der Waals surface area (Å²) in [6.07, 6.45) is 2.91. The first kappa shape index (κ1) is 14.2. The van der Waals surface area contributed by atoms with Gasteiger partial charge in [0.05, 0.1) is 17.5 Å². The highest BCUT2D eigenvalue weighted by atomic mass is 16.3. The monoisotopic (exact) mass is 250 g/mol. The number of hydrogen-bond donors (Lipinski definition) is 4. The van der Waals surface area contributed by atoms with E-state index in [1.807, 2.05) is 0 Å². The Hall–Kier alpha value is -1.88. The molecule has 0 bridgehead atoms. The van der Waals surface area contributed by atoms with Gasteiger partial charge in [-0.3, -0.25) is 10.2 Å². The van der Waals surface area contributed by atoms with Crippen molar-refractivity contribution in [3.8, 4) is 0 Å². The predicted molar refractivity (Wildman–Crippen MR) is 69.3 cm³/mol. The first-order valence-electron chi connectivity index (χ1n) is 5.70. The van der Waals surface area contributed by atoms with Gasteiger partial charge in [0.1, 0.15) is 5.57 Å². The Labute approximate surface area is 106 Å². The number of amides is 1. The molecule has 0 saturated carbocycles. The van der Waals surface area contributed by atoms with E-state index in [1.54, 1.807) is 26.8 Å². The lowest BCUT2D eigenvalue weighted by Crippen LogP contribution is -2.19. The summed E-state index contributed by atoms with van der Waals surface area (Å²) in [5, 5.41) is 29.2. The van der Waals surface area contributed by atoms with Crippen molar-refractivity contribution in [1.82, 2.24) is 5.32 Å². The zero-order valence-corrected chi connectivity index (χ0v) is 10.7. The van der Waals surface area contributed by atoms with Crippen molar-refractivity contribution < 1.29 is 15.0 Å². The number of aliphatic hydroxyl groups is 2. The fourth-order valence-electron chi connectivity index (χ4n) is 1.55. The minimum atomic E-state index is -0.498. The van der Waals surface area contributed by atoms with Gasteiger partial charge in [-0.2, -0.15) is 0 Å². The lowest BCUT2D eigenvalue weighted by atomic mass is 10.1. The summed E-state index contributed by atoms with van der Waals surface area (Å²) in [5.41, 5.74) is 1.04. The molecule has 1 aliphatic rings. The topological polar surface area (TPSA) is 93.4 Å². The predicted octanol–water partition coefficient (Wildman–Crippen LogP) is 1.57. The van der Waals surface area contributed by atoms with E-state index in [4.69, 9.17) is 10.5 Å². The summed E-state index contributed by atoms with van der Waals surface area (Å²) in [4.78, 5) is 11.7. The molecule has 1 aliphatic heterocycles. The summed E-state index contributed by atoms with van der Waals surface area (Å²) in [6, 6.07) is 0. The van der Waals surface area contributed by atoms with Gasteiger partial charge < -0.3 is 15.5 Å². The van der Waals surface area contributed by atoms with Crippen molar-refractivity contribution in [2.75, 3.05) is 0 Å². The van der Waals surface area contributed by atoms with Crippen LogP contribution in [0.25, 0.3) is 0 Å². The van der Waals surface area contributed by atoms with Gasteiger partial charge in [-0.05, 0) is 38.8 Å². The van der Waals surface area contributed by atoms with Gasteiger partial charge in [-0.1, -0.05) is 6.08 Å². The van der Waals surface area contributed by atoms with Crippen molar-refractivity contribution >= 4 is 11.6 Å². The maximum Gasteiger partial charge on any atom is 0.261 e. The van der Waals surface area contributed by atoms with Gasteiger partial charge in [0.15, 0.2) is 5.76 Å². The van der Waals surface area contributed by atoms with E-state index in [2.05, 4.69) is 5.32 Å². The van der Waals surface area contributed by atoms with Gasteiger partial charge >= 0.3 is 0 Å². The quantitative estimate of drug-likeness (QED) is 0.570. The number of carbonyl (C=O) groups is 1. The van der Waals surface area contributed by atoms with Gasteiger partial charge in [0.2, 0.25) is 0 Å². The molecule has 5 heteroatoms. The van der Waals surface area contributed by atoms with E-state index in [9.17, 15) is 9.90 Å². The lowest BCUT2D eigenvalue weighted by molar-refractivity contribution is -0.115. The largest absolute Gasteiger partial charge is 0.505 e. The molecular weight excluding hydrogens is 232 g/mol. The Balaban J connectivity index is 2.95. The minimum Gasteiger partial charge on any atom is -0.505 e. The molecule has 0 aromatic carbocycles. The van der Waals surface area contributed by atoms with Crippen molar-refractivity contribution in [2.45, 2.75) is 33.3 Å². The molecule has 0 aromatic heterocycles. The van der Waals surface area contributed by atoms with E-state index < -0.39 is 12.0 Å². The summed E-state index contributed by atoms with van der Waals surface area (Å²) < 4.78 is 0. The molecule has 4 N–H and O–H groups in total. The molecule has 5 nitrogen and oxygen atoms in total. The summed E-state index contributed by atoms with van der Waals surface area (Å²) in [5.74, 6) is -0.665. The zero-order chi connectivity index (χ0) is 13.9. The second-order valence-electron chi connectivity index (χ2n) is 4.45. The average molecular weight is 250 g/mol. The summed E-state index contributed by atoms with van der Waals surface area (Å²) in [7, 11) is 0. The third-order valence-corrected chi connectivity index (χ3v) is 2.47. The molecule has 0 fully saturated rings. The number of carbonyl (C=O) groups excluding carboxylic acids is 1. The Bertz CT molecular complexity index is 467. The van der Waals surface area contributed by atoms with Gasteiger partial charge in [0, 0.05) is 0 Å². The van der Waals surface area contributed by atoms with Crippen LogP contribution in [0.4, 0.5) is 0 Å². The molecule has 18 heavy (non-hydrogen) atoms. The van der Waals surface area contributed by atoms with E-state index in [-0.39, 0.29) is 17.0 Å². The van der Waals surface area contributed by atoms with Crippen LogP contribution in [0.15, 0.2) is 34.8 Å². The number of rotatable bonds is 4. The van der Waals surface area contributed by atoms with Gasteiger partial charge in [-0.25, -0.2) is 0 Å². The highest BCUT2D eigenvalue weighted by Gasteiger charge is 2.29. The zero-order valence-electron chi connectivity index (χ0n) is 10.7. The van der Waals surface area contributed by atoms with Crippen molar-refractivity contribution in [2.24, 2.45) is 0 Å². The lowest BCUT2D eigenvalue weighted by Gasteiger charge is -2.00. The molecule has 0 aromatic rings. The van der Waals surface area contributed by atoms with E-state index >= 15 is 0 Å². The third-order valence-electron chi connectivity index (χ3n) is 2.47. The van der Waals surface area contributed by atoms with E-state index in [0.717, 1.165) is 5.57 Å². The Morgan fingerprint density at radius 1 is 1.50 bits per heavy atom. The summed E-state index contributed by atoms with van der Waals surface area (Å²) >= 11 is 0. The maximum atomic E-state index is 11.7. The average Bonchev–Trinajstić information content (AvgIpc) is 2.53. The first-order chi connectivity index (χ1) is 8.34. The highest BCUT2D eigenvalue weighted by molar-refractivity contribution is 6.27. The fourth-order valence-corrected chi connectivity index (χ4v) is 1.55. The number of nitrogens with one attached hydrogen (secondary N) is 2. The fraction of sp³-hybridized carbons (Fsp3) is 0.385. The van der Waals surface area contributed by atoms with Crippen LogP contribution in [0.1, 0.15) is 27.2 Å². The van der Waals surface area contributed by atoms with Crippen LogP contribution in [-0.2, 0) is 4.79 Å². The summed E-state index contributed by atoms with van der Waals surface area (Å²) in [6.45, 7) is 5.16. The third kappa shape index (κ3) is 3.07. The van der Waals surface area contributed by atoms with E-state index in [1.165, 1.54) is 6.08 Å². The van der Waals surface area contributed by atoms with Crippen LogP contribution in [-0.4, -0.2) is 27.9 Å². The normalized spacial score (nSPS) is 17.3. The maximum absolute atomic E-state index is 11.7. The molecule has 1 amide bonds. The van der Waals surface area contributed by atoms with Crippen molar-refractivity contribution in [3.63, 3.8) is 0 Å². The standard InChI is InChI=1S/C13H18N2O3/c1-7(2)11-12(17)10(13(18)15-11)9(14)6-4-5-8(3)16/h4,6,8,14,16-17H,5H2,1-3H3,(H,15,18). The second-order valence-corrected chi connectivity index (χ2v) is 4.45. The SMILES string of the molecule is CC(C)=C1NC(=O)C(C(=N)C=CCC(C)O)=C1O. The molecule has 0 spiro atoms. The highest BCUT2D eigenvalue weighted by Crippen LogP contribution is 2.22. The smallest absolute Gasteiger partial charge is 0.261 e. The Kier molecular flexibility index (Phi) is 4.44. The van der Waals surface area contributed by atoms with Crippen LogP contribution < -0.4 is 5.32 Å². The molecule has 1 heterocycles. The molecule has 98 valence electrons. The van der Waals surface area contributed by atoms with E-state index in [0.29, 0.717) is 12.1 Å². The molecule has 0 radical (unpaired) electrons. The molecule has 1 unspecified atom stereocenters. The molecule has 1 atom stereocenters. The van der Waals surface area contributed by atoms with Crippen LogP contribution in [0.5, 0.6) is 0 Å². The number of hydrogen-bond acceptors (Lipinski definition) is 4. The Morgan fingerprint density at radius 2 is 2.11 bits per heavy atom. The van der Waals surface area contributed by atoms with Crippen LogP contribution in [0, 0.1) is 5.41 Å². The number of allylic oxidation sites excluding steroid dienone is 2. The van der Waals surface area contributed by atoms with Crippen molar-refractivity contribution in [3.05, 3.63) is 34.8 Å². The van der Waals surface area contributed by atoms with Gasteiger partial charge in [-0.15, -0.1) is 0 Å². The van der Waals surface area contributed by atoms with Gasteiger partial charge in [0.25, 0.3) is 5.91 Å². The molecule has 1 rings (SSSR count).